The van der Waals surface area contributed by atoms with Gasteiger partial charge in [-0.2, -0.15) is 5.10 Å². The van der Waals surface area contributed by atoms with Crippen LogP contribution in [0, 0.1) is 0 Å². The van der Waals surface area contributed by atoms with Gasteiger partial charge in [-0.3, -0.25) is 4.79 Å². The number of aliphatic carboxylic acids is 1. The van der Waals surface area contributed by atoms with E-state index in [0.29, 0.717) is 18.8 Å². The Labute approximate surface area is 149 Å². The minimum atomic E-state index is -0.913. The average molecular weight is 347 g/mol. The summed E-state index contributed by atoms with van der Waals surface area (Å²) in [5.41, 5.74) is 2.51. The van der Waals surface area contributed by atoms with Crippen molar-refractivity contribution in [2.45, 2.75) is 19.0 Å². The lowest BCUT2D eigenvalue weighted by atomic mass is 10.1. The Morgan fingerprint density at radius 1 is 1.04 bits per heavy atom. The van der Waals surface area contributed by atoms with Crippen LogP contribution in [0.2, 0.25) is 0 Å². The summed E-state index contributed by atoms with van der Waals surface area (Å²) in [7, 11) is 0. The molecule has 2 heterocycles. The van der Waals surface area contributed by atoms with Crippen LogP contribution < -0.4 is 10.5 Å². The predicted molar refractivity (Wildman–Crippen MR) is 97.7 cm³/mol. The number of carboxylic acid groups (broad SMARTS) is 1. The van der Waals surface area contributed by atoms with Gasteiger partial charge in [-0.1, -0.05) is 48.5 Å². The number of carboxylic acids is 1. The third kappa shape index (κ3) is 2.86. The van der Waals surface area contributed by atoms with Crippen LogP contribution in [0.5, 0.6) is 0 Å². The summed E-state index contributed by atoms with van der Waals surface area (Å²) in [6, 6.07) is 19.4. The number of fused-ring (bicyclic) bond motifs is 1. The largest absolute Gasteiger partial charge is 0.480 e. The van der Waals surface area contributed by atoms with Crippen molar-refractivity contribution in [3.8, 4) is 0 Å². The van der Waals surface area contributed by atoms with Crippen LogP contribution in [0.1, 0.15) is 11.1 Å². The van der Waals surface area contributed by atoms with E-state index in [-0.39, 0.29) is 5.56 Å². The Bertz CT molecular complexity index is 1010. The average Bonchev–Trinajstić information content (AvgIpc) is 3.04. The van der Waals surface area contributed by atoms with Crippen LogP contribution in [0.25, 0.3) is 0 Å². The summed E-state index contributed by atoms with van der Waals surface area (Å²) in [6.07, 6.45) is 0.408. The normalized spacial score (nSPS) is 15.7. The number of nitrogens with zero attached hydrogens (tertiary/aromatic N) is 3. The SMILES string of the molecule is O=C(O)C1Cc2ccccc2N1c1ccc(=O)n(Cc2ccccc2)n1. The molecule has 0 spiro atoms. The highest BCUT2D eigenvalue weighted by atomic mass is 16.4. The lowest BCUT2D eigenvalue weighted by Crippen LogP contribution is -2.37. The Hall–Kier alpha value is -3.41. The van der Waals surface area contributed by atoms with E-state index in [1.54, 1.807) is 11.0 Å². The summed E-state index contributed by atoms with van der Waals surface area (Å²) in [4.78, 5) is 25.7. The first kappa shape index (κ1) is 16.1. The fourth-order valence-electron chi connectivity index (χ4n) is 3.30. The predicted octanol–water partition coefficient (Wildman–Crippen LogP) is 2.44. The van der Waals surface area contributed by atoms with Crippen LogP contribution >= 0.6 is 0 Å². The van der Waals surface area contributed by atoms with E-state index in [1.807, 2.05) is 54.6 Å². The summed E-state index contributed by atoms with van der Waals surface area (Å²) < 4.78 is 1.37. The summed E-state index contributed by atoms with van der Waals surface area (Å²) in [6.45, 7) is 0.334. The first-order chi connectivity index (χ1) is 12.6. The molecule has 1 aromatic heterocycles. The maximum atomic E-state index is 12.2. The number of rotatable bonds is 4. The third-order valence-electron chi connectivity index (χ3n) is 4.54. The summed E-state index contributed by atoms with van der Waals surface area (Å²) >= 11 is 0. The van der Waals surface area contributed by atoms with Crippen LogP contribution in [-0.2, 0) is 17.8 Å². The van der Waals surface area contributed by atoms with E-state index in [9.17, 15) is 14.7 Å². The van der Waals surface area contributed by atoms with Crippen molar-refractivity contribution in [2.24, 2.45) is 0 Å². The number of benzene rings is 2. The van der Waals surface area contributed by atoms with Gasteiger partial charge in [0.15, 0.2) is 5.82 Å². The first-order valence-electron chi connectivity index (χ1n) is 8.35. The van der Waals surface area contributed by atoms with Crippen molar-refractivity contribution < 1.29 is 9.90 Å². The zero-order valence-corrected chi connectivity index (χ0v) is 13.9. The smallest absolute Gasteiger partial charge is 0.327 e. The van der Waals surface area contributed by atoms with E-state index in [2.05, 4.69) is 5.10 Å². The molecule has 130 valence electrons. The maximum Gasteiger partial charge on any atom is 0.327 e. The van der Waals surface area contributed by atoms with Crippen molar-refractivity contribution >= 4 is 17.5 Å². The van der Waals surface area contributed by atoms with Crippen LogP contribution in [-0.4, -0.2) is 26.9 Å². The molecule has 0 radical (unpaired) electrons. The van der Waals surface area contributed by atoms with Crippen LogP contribution in [0.15, 0.2) is 71.5 Å². The minimum absolute atomic E-state index is 0.225. The van der Waals surface area contributed by atoms with Gasteiger partial charge in [0.25, 0.3) is 5.56 Å². The molecular weight excluding hydrogens is 330 g/mol. The molecule has 6 nitrogen and oxygen atoms in total. The standard InChI is InChI=1S/C20H17N3O3/c24-19-11-10-18(21-22(19)13-14-6-2-1-3-7-14)23-16-9-5-4-8-15(16)12-17(23)20(25)26/h1-11,17H,12-13H2,(H,25,26). The van der Waals surface area contributed by atoms with Crippen molar-refractivity contribution in [2.75, 3.05) is 4.90 Å². The van der Waals surface area contributed by atoms with E-state index in [1.165, 1.54) is 10.7 Å². The van der Waals surface area contributed by atoms with Crippen LogP contribution in [0.3, 0.4) is 0 Å². The molecule has 0 aliphatic carbocycles. The van der Waals surface area contributed by atoms with Gasteiger partial charge in [0, 0.05) is 18.2 Å². The molecule has 0 bridgehead atoms. The molecule has 1 N–H and O–H groups in total. The molecule has 1 aliphatic rings. The minimum Gasteiger partial charge on any atom is -0.480 e. The van der Waals surface area contributed by atoms with E-state index < -0.39 is 12.0 Å². The highest BCUT2D eigenvalue weighted by Gasteiger charge is 2.36. The number of carbonyl (C=O) groups is 1. The number of para-hydroxylation sites is 1. The van der Waals surface area contributed by atoms with E-state index >= 15 is 0 Å². The van der Waals surface area contributed by atoms with Gasteiger partial charge in [-0.05, 0) is 23.3 Å². The highest BCUT2D eigenvalue weighted by molar-refractivity contribution is 5.86. The third-order valence-corrected chi connectivity index (χ3v) is 4.54. The Morgan fingerprint density at radius 3 is 2.54 bits per heavy atom. The highest BCUT2D eigenvalue weighted by Crippen LogP contribution is 2.37. The molecule has 4 rings (SSSR count). The molecule has 6 heteroatoms. The molecule has 1 unspecified atom stereocenters. The number of aromatic nitrogens is 2. The topological polar surface area (TPSA) is 75.4 Å². The molecule has 3 aromatic rings. The Morgan fingerprint density at radius 2 is 1.77 bits per heavy atom. The maximum absolute atomic E-state index is 12.2. The second-order valence-electron chi connectivity index (χ2n) is 6.23. The second-order valence-corrected chi connectivity index (χ2v) is 6.23. The fraction of sp³-hybridized carbons (Fsp3) is 0.150. The molecule has 1 atom stereocenters. The molecule has 0 saturated carbocycles. The van der Waals surface area contributed by atoms with Gasteiger partial charge in [0.2, 0.25) is 0 Å². The lowest BCUT2D eigenvalue weighted by molar-refractivity contribution is -0.138. The van der Waals surface area contributed by atoms with Crippen molar-refractivity contribution in [3.05, 3.63) is 88.2 Å². The summed E-state index contributed by atoms with van der Waals surface area (Å²) in [5.74, 6) is -0.457. The van der Waals surface area contributed by atoms with Gasteiger partial charge in [0.1, 0.15) is 6.04 Å². The Balaban J connectivity index is 1.76. The summed E-state index contributed by atoms with van der Waals surface area (Å²) in [5, 5.41) is 14.1. The zero-order valence-electron chi connectivity index (χ0n) is 13.9. The lowest BCUT2D eigenvalue weighted by Gasteiger charge is -2.24. The molecule has 0 saturated heterocycles. The van der Waals surface area contributed by atoms with Crippen molar-refractivity contribution in [1.82, 2.24) is 9.78 Å². The van der Waals surface area contributed by atoms with E-state index in [0.717, 1.165) is 16.8 Å². The zero-order chi connectivity index (χ0) is 18.1. The molecule has 26 heavy (non-hydrogen) atoms. The number of anilines is 2. The van der Waals surface area contributed by atoms with Crippen molar-refractivity contribution in [3.63, 3.8) is 0 Å². The van der Waals surface area contributed by atoms with Gasteiger partial charge >= 0.3 is 5.97 Å². The van der Waals surface area contributed by atoms with Gasteiger partial charge in [-0.15, -0.1) is 0 Å². The molecular formula is C20H17N3O3. The molecule has 0 fully saturated rings. The van der Waals surface area contributed by atoms with Crippen molar-refractivity contribution in [1.29, 1.82) is 0 Å². The van der Waals surface area contributed by atoms with Gasteiger partial charge < -0.3 is 10.0 Å². The van der Waals surface area contributed by atoms with Gasteiger partial charge in [-0.25, -0.2) is 9.48 Å². The first-order valence-corrected chi connectivity index (χ1v) is 8.35. The van der Waals surface area contributed by atoms with Crippen LogP contribution in [0.4, 0.5) is 11.5 Å². The molecule has 2 aromatic carbocycles. The monoisotopic (exact) mass is 347 g/mol. The fourth-order valence-corrected chi connectivity index (χ4v) is 3.30. The van der Waals surface area contributed by atoms with Gasteiger partial charge in [0.05, 0.1) is 6.54 Å². The molecule has 1 aliphatic heterocycles. The molecule has 0 amide bonds. The number of hydrogen-bond donors (Lipinski definition) is 1. The quantitative estimate of drug-likeness (QED) is 0.784. The number of hydrogen-bond acceptors (Lipinski definition) is 4. The Kier molecular flexibility index (Phi) is 4.01. The van der Waals surface area contributed by atoms with E-state index in [4.69, 9.17) is 0 Å². The second kappa shape index (κ2) is 6.48.